The summed E-state index contributed by atoms with van der Waals surface area (Å²) in [5, 5.41) is 2.88. The third-order valence-corrected chi connectivity index (χ3v) is 2.03. The van der Waals surface area contributed by atoms with Gasteiger partial charge in [-0.3, -0.25) is 4.79 Å². The van der Waals surface area contributed by atoms with Crippen LogP contribution in [0.15, 0.2) is 12.7 Å². The van der Waals surface area contributed by atoms with Crippen LogP contribution in [0.2, 0.25) is 0 Å². The molecule has 3 heteroatoms. The minimum atomic E-state index is -0.00377. The third-order valence-electron chi connectivity index (χ3n) is 2.03. The first-order chi connectivity index (χ1) is 6.60. The van der Waals surface area contributed by atoms with Gasteiger partial charge in [-0.25, -0.2) is 0 Å². The molecule has 3 N–H and O–H groups in total. The molecule has 0 rings (SSSR count). The van der Waals surface area contributed by atoms with E-state index in [1.165, 1.54) is 0 Å². The van der Waals surface area contributed by atoms with Gasteiger partial charge in [-0.05, 0) is 19.8 Å². The van der Waals surface area contributed by atoms with Crippen molar-refractivity contribution in [1.29, 1.82) is 0 Å². The van der Waals surface area contributed by atoms with E-state index in [1.807, 2.05) is 6.92 Å². The first-order valence-corrected chi connectivity index (χ1v) is 5.26. The van der Waals surface area contributed by atoms with Crippen molar-refractivity contribution in [3.63, 3.8) is 0 Å². The van der Waals surface area contributed by atoms with Crippen LogP contribution in [0.4, 0.5) is 0 Å². The molecule has 0 heterocycles. The van der Waals surface area contributed by atoms with E-state index in [2.05, 4.69) is 18.8 Å². The monoisotopic (exact) mass is 198 g/mol. The molecule has 0 aromatic carbocycles. The highest BCUT2D eigenvalue weighted by Crippen LogP contribution is 1.99. The summed E-state index contributed by atoms with van der Waals surface area (Å²) in [4.78, 5) is 11.4. The molecule has 0 bridgehead atoms. The summed E-state index contributed by atoms with van der Waals surface area (Å²) in [6.07, 6.45) is 4.96. The lowest BCUT2D eigenvalue weighted by Gasteiger charge is -2.14. The third kappa shape index (κ3) is 6.66. The van der Waals surface area contributed by atoms with Gasteiger partial charge in [0.25, 0.3) is 0 Å². The van der Waals surface area contributed by atoms with E-state index >= 15 is 0 Å². The second-order valence-corrected chi connectivity index (χ2v) is 3.75. The molecule has 0 aliphatic heterocycles. The van der Waals surface area contributed by atoms with Gasteiger partial charge in [0, 0.05) is 18.5 Å². The van der Waals surface area contributed by atoms with E-state index in [-0.39, 0.29) is 18.0 Å². The average molecular weight is 198 g/mol. The zero-order valence-electron chi connectivity index (χ0n) is 9.25. The highest BCUT2D eigenvalue weighted by atomic mass is 16.1. The lowest BCUT2D eigenvalue weighted by Crippen LogP contribution is -2.36. The van der Waals surface area contributed by atoms with E-state index in [0.717, 1.165) is 19.3 Å². The Labute approximate surface area is 86.8 Å². The maximum atomic E-state index is 11.4. The Hall–Kier alpha value is -0.830. The average Bonchev–Trinajstić information content (AvgIpc) is 2.03. The maximum Gasteiger partial charge on any atom is 0.221 e. The molecule has 0 aliphatic carbocycles. The molecular formula is C11H22N2O. The van der Waals surface area contributed by atoms with Crippen LogP contribution in [0.5, 0.6) is 0 Å². The molecular weight excluding hydrogens is 176 g/mol. The molecule has 3 nitrogen and oxygen atoms in total. The molecule has 1 amide bonds. The summed E-state index contributed by atoms with van der Waals surface area (Å²) in [5.41, 5.74) is 5.75. The molecule has 82 valence electrons. The van der Waals surface area contributed by atoms with Crippen LogP contribution in [0.1, 0.15) is 39.5 Å². The molecule has 0 saturated carbocycles. The summed E-state index contributed by atoms with van der Waals surface area (Å²) in [6, 6.07) is 0.157. The number of rotatable bonds is 7. The number of nitrogens with one attached hydrogen (secondary N) is 1. The Kier molecular flexibility index (Phi) is 7.11. The zero-order valence-corrected chi connectivity index (χ0v) is 9.25. The lowest BCUT2D eigenvalue weighted by molar-refractivity contribution is -0.122. The first-order valence-electron chi connectivity index (χ1n) is 5.26. The Bertz CT molecular complexity index is 180. The quantitative estimate of drug-likeness (QED) is 0.610. The van der Waals surface area contributed by atoms with Crippen LogP contribution in [0, 0.1) is 0 Å². The molecule has 0 radical (unpaired) electrons. The van der Waals surface area contributed by atoms with Crippen LogP contribution in [-0.2, 0) is 4.79 Å². The number of carbonyl (C=O) groups is 1. The zero-order chi connectivity index (χ0) is 11.0. The Morgan fingerprint density at radius 2 is 2.29 bits per heavy atom. The van der Waals surface area contributed by atoms with Gasteiger partial charge in [-0.15, -0.1) is 6.58 Å². The van der Waals surface area contributed by atoms with Gasteiger partial charge in [0.1, 0.15) is 0 Å². The van der Waals surface area contributed by atoms with E-state index in [0.29, 0.717) is 6.42 Å². The normalized spacial score (nSPS) is 14.5. The number of carbonyl (C=O) groups excluding carboxylic acids is 1. The van der Waals surface area contributed by atoms with Crippen LogP contribution < -0.4 is 11.1 Å². The van der Waals surface area contributed by atoms with E-state index in [9.17, 15) is 4.79 Å². The van der Waals surface area contributed by atoms with Gasteiger partial charge >= 0.3 is 0 Å². The molecule has 0 fully saturated rings. The van der Waals surface area contributed by atoms with Crippen LogP contribution in [-0.4, -0.2) is 18.0 Å². The minimum Gasteiger partial charge on any atom is -0.353 e. The molecule has 0 spiro atoms. The SMILES string of the molecule is C=CCC(C)NC(=O)CC(N)CCC. The summed E-state index contributed by atoms with van der Waals surface area (Å²) < 4.78 is 0. The minimum absolute atomic E-state index is 0.00377. The van der Waals surface area contributed by atoms with Crippen molar-refractivity contribution in [1.82, 2.24) is 5.32 Å². The molecule has 14 heavy (non-hydrogen) atoms. The summed E-state index contributed by atoms with van der Waals surface area (Å²) in [6.45, 7) is 7.65. The Morgan fingerprint density at radius 3 is 2.79 bits per heavy atom. The highest BCUT2D eigenvalue weighted by Gasteiger charge is 2.10. The molecule has 2 atom stereocenters. The fourth-order valence-corrected chi connectivity index (χ4v) is 1.35. The standard InChI is InChI=1S/C11H22N2O/c1-4-6-9(3)13-11(14)8-10(12)7-5-2/h4,9-10H,1,5-8,12H2,2-3H3,(H,13,14). The Morgan fingerprint density at radius 1 is 1.64 bits per heavy atom. The van der Waals surface area contributed by atoms with Crippen molar-refractivity contribution < 1.29 is 4.79 Å². The van der Waals surface area contributed by atoms with Crippen molar-refractivity contribution in [2.75, 3.05) is 0 Å². The molecule has 2 unspecified atom stereocenters. The smallest absolute Gasteiger partial charge is 0.221 e. The molecule has 0 aliphatic rings. The Balaban J connectivity index is 3.68. The van der Waals surface area contributed by atoms with Gasteiger partial charge in [-0.1, -0.05) is 19.4 Å². The van der Waals surface area contributed by atoms with E-state index in [1.54, 1.807) is 6.08 Å². The first kappa shape index (κ1) is 13.2. The molecule has 0 aromatic rings. The van der Waals surface area contributed by atoms with E-state index < -0.39 is 0 Å². The lowest BCUT2D eigenvalue weighted by atomic mass is 10.1. The number of nitrogens with two attached hydrogens (primary N) is 1. The van der Waals surface area contributed by atoms with Crippen molar-refractivity contribution in [3.8, 4) is 0 Å². The van der Waals surface area contributed by atoms with Gasteiger partial charge in [-0.2, -0.15) is 0 Å². The molecule has 0 saturated heterocycles. The fraction of sp³-hybridized carbons (Fsp3) is 0.727. The molecule has 0 aromatic heterocycles. The van der Waals surface area contributed by atoms with Crippen molar-refractivity contribution in [2.24, 2.45) is 5.73 Å². The van der Waals surface area contributed by atoms with Gasteiger partial charge < -0.3 is 11.1 Å². The van der Waals surface area contributed by atoms with Crippen molar-refractivity contribution in [2.45, 2.75) is 51.6 Å². The maximum absolute atomic E-state index is 11.4. The topological polar surface area (TPSA) is 55.1 Å². The van der Waals surface area contributed by atoms with Gasteiger partial charge in [0.05, 0.1) is 0 Å². The predicted octanol–water partition coefficient (Wildman–Crippen LogP) is 1.58. The number of amides is 1. The summed E-state index contributed by atoms with van der Waals surface area (Å²) >= 11 is 0. The number of hydrogen-bond donors (Lipinski definition) is 2. The van der Waals surface area contributed by atoms with Gasteiger partial charge in [0.15, 0.2) is 0 Å². The van der Waals surface area contributed by atoms with Crippen LogP contribution >= 0.6 is 0 Å². The van der Waals surface area contributed by atoms with Crippen molar-refractivity contribution >= 4 is 5.91 Å². The van der Waals surface area contributed by atoms with Crippen molar-refractivity contribution in [3.05, 3.63) is 12.7 Å². The second kappa shape index (κ2) is 7.56. The van der Waals surface area contributed by atoms with Crippen LogP contribution in [0.3, 0.4) is 0 Å². The predicted molar refractivity (Wildman–Crippen MR) is 59.9 cm³/mol. The van der Waals surface area contributed by atoms with Crippen LogP contribution in [0.25, 0.3) is 0 Å². The van der Waals surface area contributed by atoms with E-state index in [4.69, 9.17) is 5.73 Å². The second-order valence-electron chi connectivity index (χ2n) is 3.75. The fourth-order valence-electron chi connectivity index (χ4n) is 1.35. The highest BCUT2D eigenvalue weighted by molar-refractivity contribution is 5.76. The summed E-state index contributed by atoms with van der Waals surface area (Å²) in [7, 11) is 0. The summed E-state index contributed by atoms with van der Waals surface area (Å²) in [5.74, 6) is 0.0419. The largest absolute Gasteiger partial charge is 0.353 e. The number of hydrogen-bond acceptors (Lipinski definition) is 2. The van der Waals surface area contributed by atoms with Gasteiger partial charge in [0.2, 0.25) is 5.91 Å².